The maximum Gasteiger partial charge on any atom is 0.186 e. The van der Waals surface area contributed by atoms with Crippen LogP contribution in [0, 0.1) is 11.3 Å². The number of aromatic nitrogens is 2. The molecular formula is C29H38N2O3S. The zero-order valence-corrected chi connectivity index (χ0v) is 22.9. The minimum atomic E-state index is -0.0127. The number of benzene rings is 1. The molecule has 0 spiro atoms. The van der Waals surface area contributed by atoms with Gasteiger partial charge in [-0.25, -0.2) is 4.98 Å². The van der Waals surface area contributed by atoms with Gasteiger partial charge >= 0.3 is 0 Å². The molecule has 2 aromatic heterocycles. The van der Waals surface area contributed by atoms with Gasteiger partial charge in [-0.05, 0) is 74.4 Å². The van der Waals surface area contributed by atoms with E-state index < -0.39 is 0 Å². The number of nitrogens with zero attached hydrogens (tertiary/aromatic N) is 2. The number of thiophene rings is 1. The molecule has 35 heavy (non-hydrogen) atoms. The summed E-state index contributed by atoms with van der Waals surface area (Å²) in [5.74, 6) is 2.45. The molecule has 1 atom stereocenters. The SMILES string of the molecule is CCC(CCC(C)(C)C)C(=O)c1nc(-c2ccsc2)n2c1CCc1cc(OC)c(OC(C)C)cc1-2. The summed E-state index contributed by atoms with van der Waals surface area (Å²) in [6.07, 6.45) is 4.36. The van der Waals surface area contributed by atoms with Crippen molar-refractivity contribution in [2.24, 2.45) is 11.3 Å². The van der Waals surface area contributed by atoms with E-state index in [1.807, 2.05) is 13.8 Å². The van der Waals surface area contributed by atoms with Crippen LogP contribution in [0.2, 0.25) is 0 Å². The van der Waals surface area contributed by atoms with Crippen LogP contribution in [0.25, 0.3) is 17.1 Å². The van der Waals surface area contributed by atoms with Gasteiger partial charge in [-0.2, -0.15) is 11.3 Å². The molecule has 0 aliphatic carbocycles. The number of hydrogen-bond donors (Lipinski definition) is 0. The summed E-state index contributed by atoms with van der Waals surface area (Å²) in [5, 5.41) is 4.16. The second-order valence-corrected chi connectivity index (χ2v) is 11.7. The molecule has 5 nitrogen and oxygen atoms in total. The van der Waals surface area contributed by atoms with Gasteiger partial charge in [0.15, 0.2) is 17.3 Å². The first-order valence-corrected chi connectivity index (χ1v) is 13.6. The predicted octanol–water partition coefficient (Wildman–Crippen LogP) is 7.53. The molecule has 0 fully saturated rings. The van der Waals surface area contributed by atoms with E-state index in [4.69, 9.17) is 14.5 Å². The van der Waals surface area contributed by atoms with E-state index in [1.165, 1.54) is 5.56 Å². The third kappa shape index (κ3) is 5.32. The molecule has 3 heterocycles. The van der Waals surface area contributed by atoms with E-state index in [0.717, 1.165) is 60.6 Å². The number of methoxy groups -OCH3 is 1. The topological polar surface area (TPSA) is 53.4 Å². The minimum absolute atomic E-state index is 0.0127. The van der Waals surface area contributed by atoms with Gasteiger partial charge in [0.05, 0.1) is 24.6 Å². The van der Waals surface area contributed by atoms with Crippen LogP contribution in [0.4, 0.5) is 0 Å². The molecule has 1 unspecified atom stereocenters. The lowest BCUT2D eigenvalue weighted by atomic mass is 9.83. The van der Waals surface area contributed by atoms with E-state index in [9.17, 15) is 4.79 Å². The molecule has 3 aromatic rings. The summed E-state index contributed by atoms with van der Waals surface area (Å²) < 4.78 is 13.9. The smallest absolute Gasteiger partial charge is 0.186 e. The number of fused-ring (bicyclic) bond motifs is 3. The summed E-state index contributed by atoms with van der Waals surface area (Å²) in [4.78, 5) is 18.9. The Labute approximate surface area is 213 Å². The standard InChI is InChI=1S/C29H38N2O3S/c1-8-19(11-13-29(4,5)6)27(32)26-22-10-9-20-15-24(33-7)25(34-18(2)3)16-23(20)31(22)28(30-26)21-12-14-35-17-21/h12,14-19H,8-11,13H2,1-7H3. The summed E-state index contributed by atoms with van der Waals surface area (Å²) in [5.41, 5.74) is 5.09. The molecule has 4 rings (SSSR count). The molecule has 0 saturated heterocycles. The lowest BCUT2D eigenvalue weighted by Crippen LogP contribution is -2.21. The second kappa shape index (κ2) is 10.2. The van der Waals surface area contributed by atoms with E-state index in [2.05, 4.69) is 61.2 Å². The minimum Gasteiger partial charge on any atom is -0.493 e. The lowest BCUT2D eigenvalue weighted by Gasteiger charge is -2.25. The molecule has 6 heteroatoms. The Kier molecular flexibility index (Phi) is 7.41. The molecule has 0 bridgehead atoms. The van der Waals surface area contributed by atoms with Gasteiger partial charge in [0.2, 0.25) is 0 Å². The molecule has 0 amide bonds. The zero-order chi connectivity index (χ0) is 25.3. The van der Waals surface area contributed by atoms with Crippen molar-refractivity contribution in [2.45, 2.75) is 79.8 Å². The molecule has 1 aromatic carbocycles. The molecule has 0 N–H and O–H groups in total. The Morgan fingerprint density at radius 1 is 1.20 bits per heavy atom. The molecule has 1 aliphatic rings. The summed E-state index contributed by atoms with van der Waals surface area (Å²) >= 11 is 1.64. The number of hydrogen-bond acceptors (Lipinski definition) is 5. The number of Topliss-reactive ketones (excluding diaryl/α,β-unsaturated/α-hetero) is 1. The average Bonchev–Trinajstić information content (AvgIpc) is 3.45. The summed E-state index contributed by atoms with van der Waals surface area (Å²) in [6.45, 7) is 12.8. The molecule has 1 aliphatic heterocycles. The van der Waals surface area contributed by atoms with E-state index in [0.29, 0.717) is 11.4 Å². The van der Waals surface area contributed by atoms with Gasteiger partial charge < -0.3 is 9.47 Å². The van der Waals surface area contributed by atoms with Crippen LogP contribution in [0.5, 0.6) is 11.5 Å². The Morgan fingerprint density at radius 2 is 1.97 bits per heavy atom. The van der Waals surface area contributed by atoms with Gasteiger partial charge in [0.1, 0.15) is 11.5 Å². The first-order chi connectivity index (χ1) is 16.6. The van der Waals surface area contributed by atoms with Crippen molar-refractivity contribution in [1.29, 1.82) is 0 Å². The van der Waals surface area contributed by atoms with Crippen LogP contribution in [-0.4, -0.2) is 28.5 Å². The maximum absolute atomic E-state index is 13.9. The second-order valence-electron chi connectivity index (χ2n) is 10.9. The molecule has 188 valence electrons. The Morgan fingerprint density at radius 3 is 2.57 bits per heavy atom. The van der Waals surface area contributed by atoms with Crippen molar-refractivity contribution < 1.29 is 14.3 Å². The molecule has 0 radical (unpaired) electrons. The third-order valence-electron chi connectivity index (χ3n) is 6.69. The highest BCUT2D eigenvalue weighted by Gasteiger charge is 2.32. The van der Waals surface area contributed by atoms with E-state index in [-0.39, 0.29) is 23.2 Å². The zero-order valence-electron chi connectivity index (χ0n) is 22.1. The van der Waals surface area contributed by atoms with Crippen molar-refractivity contribution in [2.75, 3.05) is 7.11 Å². The number of ether oxygens (including phenoxy) is 2. The first kappa shape index (κ1) is 25.5. The number of ketones is 1. The van der Waals surface area contributed by atoms with Gasteiger partial charge in [-0.3, -0.25) is 9.36 Å². The number of carbonyl (C=O) groups excluding carboxylic acids is 1. The highest BCUT2D eigenvalue weighted by atomic mass is 32.1. The summed E-state index contributed by atoms with van der Waals surface area (Å²) in [7, 11) is 1.68. The predicted molar refractivity (Wildman–Crippen MR) is 143 cm³/mol. The average molecular weight is 495 g/mol. The van der Waals surface area contributed by atoms with Gasteiger partial charge in [-0.1, -0.05) is 27.7 Å². The fourth-order valence-electron chi connectivity index (χ4n) is 4.81. The highest BCUT2D eigenvalue weighted by Crippen LogP contribution is 2.40. The van der Waals surface area contributed by atoms with Crippen LogP contribution >= 0.6 is 11.3 Å². The normalized spacial score (nSPS) is 13.9. The van der Waals surface area contributed by atoms with Gasteiger partial charge in [0, 0.05) is 22.9 Å². The molecular weight excluding hydrogens is 456 g/mol. The van der Waals surface area contributed by atoms with Gasteiger partial charge in [0.25, 0.3) is 0 Å². The fourth-order valence-corrected chi connectivity index (χ4v) is 5.44. The van der Waals surface area contributed by atoms with E-state index in [1.54, 1.807) is 18.4 Å². The van der Waals surface area contributed by atoms with Crippen molar-refractivity contribution in [1.82, 2.24) is 9.55 Å². The van der Waals surface area contributed by atoms with Crippen LogP contribution in [-0.2, 0) is 12.8 Å². The Bertz CT molecular complexity index is 1190. The van der Waals surface area contributed by atoms with Crippen molar-refractivity contribution >= 4 is 17.1 Å². The van der Waals surface area contributed by atoms with Gasteiger partial charge in [-0.15, -0.1) is 0 Å². The highest BCUT2D eigenvalue weighted by molar-refractivity contribution is 7.08. The summed E-state index contributed by atoms with van der Waals surface area (Å²) in [6, 6.07) is 6.21. The number of carbonyl (C=O) groups is 1. The van der Waals surface area contributed by atoms with Crippen molar-refractivity contribution in [3.05, 3.63) is 45.9 Å². The molecule has 0 saturated carbocycles. The third-order valence-corrected chi connectivity index (χ3v) is 7.37. The van der Waals surface area contributed by atoms with Crippen molar-refractivity contribution in [3.8, 4) is 28.6 Å². The maximum atomic E-state index is 13.9. The van der Waals surface area contributed by atoms with Crippen molar-refractivity contribution in [3.63, 3.8) is 0 Å². The van der Waals surface area contributed by atoms with Crippen LogP contribution < -0.4 is 9.47 Å². The number of imidazole rings is 1. The largest absolute Gasteiger partial charge is 0.493 e. The Hall–Kier alpha value is -2.60. The Balaban J connectivity index is 1.84. The monoisotopic (exact) mass is 494 g/mol. The van der Waals surface area contributed by atoms with Crippen LogP contribution in [0.3, 0.4) is 0 Å². The number of rotatable bonds is 9. The fraction of sp³-hybridized carbons (Fsp3) is 0.517. The van der Waals surface area contributed by atoms with E-state index >= 15 is 0 Å². The van der Waals surface area contributed by atoms with Crippen LogP contribution in [0.1, 0.15) is 82.6 Å². The lowest BCUT2D eigenvalue weighted by molar-refractivity contribution is 0.0894. The first-order valence-electron chi connectivity index (χ1n) is 12.7. The quantitative estimate of drug-likeness (QED) is 0.289. The van der Waals surface area contributed by atoms with Crippen LogP contribution in [0.15, 0.2) is 29.0 Å². The number of aryl methyl sites for hydroxylation is 1.